The summed E-state index contributed by atoms with van der Waals surface area (Å²) >= 11 is 0. The summed E-state index contributed by atoms with van der Waals surface area (Å²) in [7, 11) is -0.358. The molecule has 1 fully saturated rings. The van der Waals surface area contributed by atoms with Gasteiger partial charge >= 0.3 is 7.12 Å². The summed E-state index contributed by atoms with van der Waals surface area (Å²) in [4.78, 5) is 3.52. The molecule has 0 unspecified atom stereocenters. The third kappa shape index (κ3) is 2.29. The van der Waals surface area contributed by atoms with Gasteiger partial charge in [-0.3, -0.25) is 0 Å². The van der Waals surface area contributed by atoms with Gasteiger partial charge in [-0.15, -0.1) is 0 Å². The van der Waals surface area contributed by atoms with Crippen LogP contribution in [0.4, 0.5) is 5.69 Å². The van der Waals surface area contributed by atoms with Gasteiger partial charge in [0.05, 0.1) is 17.8 Å². The highest BCUT2D eigenvalue weighted by Gasteiger charge is 2.52. The van der Waals surface area contributed by atoms with E-state index in [1.807, 2.05) is 53.7 Å². The molecule has 3 nitrogen and oxygen atoms in total. The quantitative estimate of drug-likeness (QED) is 0.569. The van der Waals surface area contributed by atoms with E-state index in [4.69, 9.17) is 15.9 Å². The molecule has 0 radical (unpaired) electrons. The van der Waals surface area contributed by atoms with Crippen molar-refractivity contribution < 1.29 is 9.31 Å². The first-order valence-electron chi connectivity index (χ1n) is 6.52. The van der Waals surface area contributed by atoms with Gasteiger partial charge in [-0.2, -0.15) is 0 Å². The predicted molar refractivity (Wildman–Crippen MR) is 77.9 cm³/mol. The van der Waals surface area contributed by atoms with Gasteiger partial charge in [0.15, 0.2) is 5.69 Å². The van der Waals surface area contributed by atoms with Crippen molar-refractivity contribution in [2.45, 2.75) is 52.7 Å². The van der Waals surface area contributed by atoms with E-state index in [9.17, 15) is 0 Å². The third-order valence-corrected chi connectivity index (χ3v) is 4.21. The fraction of sp³-hybridized carbons (Fsp3) is 0.533. The van der Waals surface area contributed by atoms with Gasteiger partial charge in [-0.1, -0.05) is 17.7 Å². The maximum Gasteiger partial charge on any atom is 0.495 e. The number of nitrogens with zero attached hydrogens (tertiary/aromatic N) is 1. The molecule has 1 heterocycles. The number of benzene rings is 1. The van der Waals surface area contributed by atoms with Crippen LogP contribution in [0, 0.1) is 20.4 Å². The Balaban J connectivity index is 2.41. The van der Waals surface area contributed by atoms with Crippen molar-refractivity contribution in [2.75, 3.05) is 0 Å². The van der Waals surface area contributed by atoms with Crippen molar-refractivity contribution in [2.24, 2.45) is 0 Å². The predicted octanol–water partition coefficient (Wildman–Crippen LogP) is 3.15. The Labute approximate surface area is 115 Å². The van der Waals surface area contributed by atoms with E-state index in [0.717, 1.165) is 16.6 Å². The summed E-state index contributed by atoms with van der Waals surface area (Å²) in [6.45, 7) is 19.3. The average Bonchev–Trinajstić information content (AvgIpc) is 2.50. The van der Waals surface area contributed by atoms with Gasteiger partial charge in [-0.25, -0.2) is 4.85 Å². The lowest BCUT2D eigenvalue weighted by Crippen LogP contribution is -2.41. The van der Waals surface area contributed by atoms with Crippen LogP contribution in [0.1, 0.15) is 38.8 Å². The molecule has 0 aliphatic carbocycles. The smallest absolute Gasteiger partial charge is 0.399 e. The Bertz CT molecular complexity index is 542. The normalized spacial score (nSPS) is 20.4. The Morgan fingerprint density at radius 1 is 1.00 bits per heavy atom. The first kappa shape index (κ1) is 14.1. The Morgan fingerprint density at radius 3 is 2.00 bits per heavy atom. The molecule has 100 valence electrons. The number of hydrogen-bond donors (Lipinski definition) is 0. The van der Waals surface area contributed by atoms with Crippen LogP contribution in [-0.4, -0.2) is 18.3 Å². The number of hydrogen-bond acceptors (Lipinski definition) is 2. The van der Waals surface area contributed by atoms with Crippen molar-refractivity contribution >= 4 is 18.3 Å². The van der Waals surface area contributed by atoms with Crippen LogP contribution < -0.4 is 5.46 Å². The number of aryl methyl sites for hydroxylation is 2. The second-order valence-corrected chi connectivity index (χ2v) is 6.20. The lowest BCUT2D eigenvalue weighted by Gasteiger charge is -2.32. The molecule has 1 saturated heterocycles. The van der Waals surface area contributed by atoms with Crippen LogP contribution in [0.25, 0.3) is 4.85 Å². The monoisotopic (exact) mass is 257 g/mol. The van der Waals surface area contributed by atoms with Crippen LogP contribution in [0.5, 0.6) is 0 Å². The van der Waals surface area contributed by atoms with E-state index in [2.05, 4.69) is 4.85 Å². The fourth-order valence-electron chi connectivity index (χ4n) is 2.17. The summed E-state index contributed by atoms with van der Waals surface area (Å²) < 4.78 is 12.1. The molecule has 0 spiro atoms. The van der Waals surface area contributed by atoms with E-state index >= 15 is 0 Å². The average molecular weight is 257 g/mol. The molecule has 0 saturated carbocycles. The molecule has 0 bridgehead atoms. The van der Waals surface area contributed by atoms with Gasteiger partial charge in [0.2, 0.25) is 0 Å². The van der Waals surface area contributed by atoms with Gasteiger partial charge in [-0.05, 0) is 52.6 Å². The van der Waals surface area contributed by atoms with E-state index in [-0.39, 0.29) is 18.3 Å². The largest absolute Gasteiger partial charge is 0.495 e. The molecule has 1 aromatic rings. The molecule has 0 atom stereocenters. The molecular formula is C15H20BNO2. The lowest BCUT2D eigenvalue weighted by molar-refractivity contribution is 0.00578. The van der Waals surface area contributed by atoms with E-state index in [0.29, 0.717) is 5.69 Å². The fourth-order valence-corrected chi connectivity index (χ4v) is 2.17. The summed E-state index contributed by atoms with van der Waals surface area (Å²) in [5.74, 6) is 0. The Hall–Kier alpha value is -1.31. The summed E-state index contributed by atoms with van der Waals surface area (Å²) in [5.41, 5.74) is 3.04. The minimum absolute atomic E-state index is 0.337. The highest BCUT2D eigenvalue weighted by atomic mass is 16.7. The van der Waals surface area contributed by atoms with Crippen LogP contribution in [0.15, 0.2) is 12.1 Å². The Kier molecular flexibility index (Phi) is 3.24. The van der Waals surface area contributed by atoms with Crippen LogP contribution >= 0.6 is 0 Å². The Morgan fingerprint density at radius 2 is 1.53 bits per heavy atom. The van der Waals surface area contributed by atoms with Gasteiger partial charge in [0.1, 0.15) is 0 Å². The van der Waals surface area contributed by atoms with Crippen molar-refractivity contribution in [3.05, 3.63) is 34.7 Å². The lowest BCUT2D eigenvalue weighted by atomic mass is 9.75. The van der Waals surface area contributed by atoms with Gasteiger partial charge in [0.25, 0.3) is 0 Å². The second kappa shape index (κ2) is 4.36. The van der Waals surface area contributed by atoms with Crippen molar-refractivity contribution in [3.63, 3.8) is 0 Å². The summed E-state index contributed by atoms with van der Waals surface area (Å²) in [5, 5.41) is 0. The molecule has 1 aliphatic rings. The van der Waals surface area contributed by atoms with Crippen molar-refractivity contribution in [1.29, 1.82) is 0 Å². The molecule has 1 aromatic carbocycles. The first-order chi connectivity index (χ1) is 8.68. The summed E-state index contributed by atoms with van der Waals surface area (Å²) in [6, 6.07) is 3.91. The van der Waals surface area contributed by atoms with E-state index < -0.39 is 0 Å². The van der Waals surface area contributed by atoms with Crippen LogP contribution in [-0.2, 0) is 9.31 Å². The number of rotatable bonds is 1. The molecule has 0 amide bonds. The zero-order chi connectivity index (χ0) is 14.4. The topological polar surface area (TPSA) is 22.8 Å². The highest BCUT2D eigenvalue weighted by molar-refractivity contribution is 6.62. The maximum atomic E-state index is 7.15. The minimum Gasteiger partial charge on any atom is -0.399 e. The molecule has 0 N–H and O–H groups in total. The molecule has 1 aliphatic heterocycles. The zero-order valence-corrected chi connectivity index (χ0v) is 12.5. The minimum atomic E-state index is -0.358. The zero-order valence-electron chi connectivity index (χ0n) is 12.5. The van der Waals surface area contributed by atoms with Gasteiger partial charge in [0, 0.05) is 0 Å². The van der Waals surface area contributed by atoms with E-state index in [1.165, 1.54) is 0 Å². The molecular weight excluding hydrogens is 237 g/mol. The maximum absolute atomic E-state index is 7.15. The summed E-state index contributed by atoms with van der Waals surface area (Å²) in [6.07, 6.45) is 0. The molecule has 4 heteroatoms. The first-order valence-corrected chi connectivity index (χ1v) is 6.52. The van der Waals surface area contributed by atoms with Crippen LogP contribution in [0.3, 0.4) is 0 Å². The van der Waals surface area contributed by atoms with Crippen LogP contribution in [0.2, 0.25) is 0 Å². The standard InChI is InChI=1S/C15H20BNO2/c1-10-9-13(17-7)11(2)8-12(10)16-18-14(3,4)15(5,6)19-16/h8-9H,1-6H3. The molecule has 2 rings (SSSR count). The second-order valence-electron chi connectivity index (χ2n) is 6.20. The van der Waals surface area contributed by atoms with Crippen molar-refractivity contribution in [3.8, 4) is 0 Å². The molecule has 0 aromatic heterocycles. The van der Waals surface area contributed by atoms with Crippen molar-refractivity contribution in [1.82, 2.24) is 0 Å². The molecule has 19 heavy (non-hydrogen) atoms. The SMILES string of the molecule is [C-]#[N+]c1cc(C)c(B2OC(C)(C)C(C)(C)O2)cc1C. The van der Waals surface area contributed by atoms with Gasteiger partial charge < -0.3 is 9.31 Å². The highest BCUT2D eigenvalue weighted by Crippen LogP contribution is 2.37. The van der Waals surface area contributed by atoms with E-state index in [1.54, 1.807) is 0 Å². The third-order valence-electron chi connectivity index (χ3n) is 4.21.